The monoisotopic (exact) mass is 456 g/mol. The molecule has 4 rings (SSSR count). The Labute approximate surface area is 193 Å². The maximum atomic E-state index is 13.7. The van der Waals surface area contributed by atoms with Crippen molar-refractivity contribution in [3.8, 4) is 11.5 Å². The van der Waals surface area contributed by atoms with Gasteiger partial charge < -0.3 is 19.7 Å². The van der Waals surface area contributed by atoms with E-state index in [4.69, 9.17) is 9.47 Å². The average molecular weight is 457 g/mol. The molecule has 6 nitrogen and oxygen atoms in total. The van der Waals surface area contributed by atoms with Gasteiger partial charge in [-0.25, -0.2) is 0 Å². The molecule has 2 fully saturated rings. The molecular weight excluding hydrogens is 424 g/mol. The number of hydrogen-bond acceptors (Lipinski definition) is 5. The number of thiophene rings is 1. The molecule has 1 atom stereocenters. The number of nitrogens with one attached hydrogen (secondary N) is 1. The summed E-state index contributed by atoms with van der Waals surface area (Å²) < 4.78 is 11.0. The first-order valence-electron chi connectivity index (χ1n) is 11.5. The minimum atomic E-state index is -0.724. The van der Waals surface area contributed by atoms with Crippen molar-refractivity contribution < 1.29 is 19.1 Å². The Kier molecular flexibility index (Phi) is 7.35. The predicted molar refractivity (Wildman–Crippen MR) is 125 cm³/mol. The fourth-order valence-corrected chi connectivity index (χ4v) is 5.25. The van der Waals surface area contributed by atoms with Gasteiger partial charge in [-0.1, -0.05) is 25.3 Å². The second-order valence-corrected chi connectivity index (χ2v) is 9.67. The Morgan fingerprint density at radius 2 is 1.88 bits per heavy atom. The number of amides is 2. The lowest BCUT2D eigenvalue weighted by Gasteiger charge is -2.34. The minimum Gasteiger partial charge on any atom is -0.497 e. The van der Waals surface area contributed by atoms with Gasteiger partial charge in [0, 0.05) is 28.6 Å². The first kappa shape index (κ1) is 22.6. The number of methoxy groups -OCH3 is 2. The Bertz CT molecular complexity index is 920. The van der Waals surface area contributed by atoms with Crippen LogP contribution >= 0.6 is 11.3 Å². The molecule has 1 aromatic heterocycles. The topological polar surface area (TPSA) is 67.9 Å². The summed E-state index contributed by atoms with van der Waals surface area (Å²) in [5, 5.41) is 5.23. The first-order valence-corrected chi connectivity index (χ1v) is 12.3. The smallest absolute Gasteiger partial charge is 0.247 e. The van der Waals surface area contributed by atoms with Crippen LogP contribution in [0.1, 0.15) is 61.4 Å². The summed E-state index contributed by atoms with van der Waals surface area (Å²) in [7, 11) is 3.19. The fraction of sp³-hybridized carbons (Fsp3) is 0.520. The van der Waals surface area contributed by atoms with E-state index in [1.54, 1.807) is 31.6 Å². The third kappa shape index (κ3) is 5.26. The minimum absolute atomic E-state index is 0.0170. The molecule has 0 bridgehead atoms. The largest absolute Gasteiger partial charge is 0.497 e. The summed E-state index contributed by atoms with van der Waals surface area (Å²) in [6.45, 7) is 0. The van der Waals surface area contributed by atoms with Crippen LogP contribution in [-0.4, -0.2) is 43.0 Å². The first-order chi connectivity index (χ1) is 15.6. The highest BCUT2D eigenvalue weighted by molar-refractivity contribution is 7.10. The SMILES string of the molecule is COc1ccc([C@@H](C(=O)NC2CCCCC2)N(C(=O)Cc2cccs2)C2CC2)c(OC)c1. The molecule has 2 saturated carbocycles. The quantitative estimate of drug-likeness (QED) is 0.604. The van der Waals surface area contributed by atoms with Crippen molar-refractivity contribution in [1.82, 2.24) is 10.2 Å². The maximum absolute atomic E-state index is 13.7. The van der Waals surface area contributed by atoms with Crippen LogP contribution in [0.3, 0.4) is 0 Å². The second kappa shape index (κ2) is 10.4. The summed E-state index contributed by atoms with van der Waals surface area (Å²) in [5.74, 6) is 1.08. The van der Waals surface area contributed by atoms with Crippen LogP contribution in [0, 0.1) is 0 Å². The lowest BCUT2D eigenvalue weighted by Crippen LogP contribution is -2.48. The standard InChI is InChI=1S/C25H32N2O4S/c1-30-19-12-13-21(22(15-19)31-2)24(25(29)26-17-7-4-3-5-8-17)27(18-10-11-18)23(28)16-20-9-6-14-32-20/h6,9,12-15,17-18,24H,3-5,7-8,10-11,16H2,1-2H3,(H,26,29)/t24-/m0/s1. The number of carbonyl (C=O) groups is 2. The van der Waals surface area contributed by atoms with Crippen LogP contribution in [0.4, 0.5) is 0 Å². The molecule has 172 valence electrons. The van der Waals surface area contributed by atoms with E-state index in [2.05, 4.69) is 5.32 Å². The third-order valence-electron chi connectivity index (χ3n) is 6.35. The van der Waals surface area contributed by atoms with Gasteiger partial charge in [-0.2, -0.15) is 0 Å². The van der Waals surface area contributed by atoms with Gasteiger partial charge in [0.15, 0.2) is 0 Å². The fourth-order valence-electron chi connectivity index (χ4n) is 4.55. The van der Waals surface area contributed by atoms with E-state index in [0.29, 0.717) is 23.5 Å². The van der Waals surface area contributed by atoms with Gasteiger partial charge in [-0.05, 0) is 49.3 Å². The zero-order valence-electron chi connectivity index (χ0n) is 18.8. The number of benzene rings is 1. The summed E-state index contributed by atoms with van der Waals surface area (Å²) >= 11 is 1.57. The third-order valence-corrected chi connectivity index (χ3v) is 7.22. The van der Waals surface area contributed by atoms with Crippen molar-refractivity contribution in [3.05, 3.63) is 46.2 Å². The highest BCUT2D eigenvalue weighted by Gasteiger charge is 2.42. The highest BCUT2D eigenvalue weighted by Crippen LogP contribution is 2.40. The van der Waals surface area contributed by atoms with E-state index in [-0.39, 0.29) is 23.9 Å². The van der Waals surface area contributed by atoms with E-state index in [9.17, 15) is 9.59 Å². The van der Waals surface area contributed by atoms with Crippen molar-refractivity contribution in [1.29, 1.82) is 0 Å². The maximum Gasteiger partial charge on any atom is 0.247 e. The molecule has 7 heteroatoms. The number of rotatable bonds is 9. The molecule has 2 aliphatic carbocycles. The van der Waals surface area contributed by atoms with Crippen LogP contribution in [0.25, 0.3) is 0 Å². The molecule has 2 amide bonds. The molecule has 0 radical (unpaired) electrons. The van der Waals surface area contributed by atoms with Crippen LogP contribution in [-0.2, 0) is 16.0 Å². The second-order valence-electron chi connectivity index (χ2n) is 8.64. The molecule has 2 aliphatic rings. The molecule has 1 heterocycles. The normalized spacial score (nSPS) is 17.4. The van der Waals surface area contributed by atoms with Crippen LogP contribution in [0.2, 0.25) is 0 Å². The number of hydrogen-bond donors (Lipinski definition) is 1. The molecule has 1 N–H and O–H groups in total. The Hall–Kier alpha value is -2.54. The molecule has 1 aromatic carbocycles. The molecule has 0 saturated heterocycles. The van der Waals surface area contributed by atoms with Crippen LogP contribution in [0.15, 0.2) is 35.7 Å². The summed E-state index contributed by atoms with van der Waals surface area (Å²) in [4.78, 5) is 30.1. The van der Waals surface area contributed by atoms with E-state index in [1.165, 1.54) is 6.42 Å². The Morgan fingerprint density at radius 1 is 1.09 bits per heavy atom. The van der Waals surface area contributed by atoms with E-state index in [0.717, 1.165) is 43.4 Å². The van der Waals surface area contributed by atoms with Crippen LogP contribution < -0.4 is 14.8 Å². The molecule has 0 spiro atoms. The Morgan fingerprint density at radius 3 is 2.50 bits per heavy atom. The van der Waals surface area contributed by atoms with Gasteiger partial charge in [0.25, 0.3) is 0 Å². The Balaban J connectivity index is 1.68. The predicted octanol–water partition coefficient (Wildman–Crippen LogP) is 4.49. The number of nitrogens with zero attached hydrogens (tertiary/aromatic N) is 1. The van der Waals surface area contributed by atoms with E-state index < -0.39 is 6.04 Å². The zero-order chi connectivity index (χ0) is 22.5. The summed E-state index contributed by atoms with van der Waals surface area (Å²) in [5.41, 5.74) is 0.702. The van der Waals surface area contributed by atoms with Gasteiger partial charge in [-0.15, -0.1) is 11.3 Å². The summed E-state index contributed by atoms with van der Waals surface area (Å²) in [6.07, 6.45) is 7.60. The van der Waals surface area contributed by atoms with Gasteiger partial charge in [0.1, 0.15) is 17.5 Å². The van der Waals surface area contributed by atoms with Gasteiger partial charge in [0.05, 0.1) is 20.6 Å². The average Bonchev–Trinajstić information content (AvgIpc) is 3.52. The van der Waals surface area contributed by atoms with Crippen molar-refractivity contribution in [2.75, 3.05) is 14.2 Å². The zero-order valence-corrected chi connectivity index (χ0v) is 19.7. The molecule has 2 aromatic rings. The van der Waals surface area contributed by atoms with Crippen molar-refractivity contribution in [2.24, 2.45) is 0 Å². The molecule has 0 unspecified atom stereocenters. The van der Waals surface area contributed by atoms with Gasteiger partial charge >= 0.3 is 0 Å². The van der Waals surface area contributed by atoms with Crippen molar-refractivity contribution >= 4 is 23.2 Å². The summed E-state index contributed by atoms with van der Waals surface area (Å²) in [6, 6.07) is 8.91. The lowest BCUT2D eigenvalue weighted by molar-refractivity contribution is -0.141. The van der Waals surface area contributed by atoms with Crippen molar-refractivity contribution in [2.45, 2.75) is 69.5 Å². The lowest BCUT2D eigenvalue weighted by atomic mass is 9.94. The number of ether oxygens (including phenoxy) is 2. The highest BCUT2D eigenvalue weighted by atomic mass is 32.1. The van der Waals surface area contributed by atoms with E-state index >= 15 is 0 Å². The van der Waals surface area contributed by atoms with Gasteiger partial charge in [0.2, 0.25) is 11.8 Å². The van der Waals surface area contributed by atoms with E-state index in [1.807, 2.05) is 34.5 Å². The number of carbonyl (C=O) groups excluding carboxylic acids is 2. The van der Waals surface area contributed by atoms with Crippen LogP contribution in [0.5, 0.6) is 11.5 Å². The van der Waals surface area contributed by atoms with Gasteiger partial charge in [-0.3, -0.25) is 9.59 Å². The molecule has 32 heavy (non-hydrogen) atoms. The molecule has 0 aliphatic heterocycles. The van der Waals surface area contributed by atoms with Crippen molar-refractivity contribution in [3.63, 3.8) is 0 Å². The molecular formula is C25H32N2O4S.